The molecule has 0 spiro atoms. The maximum Gasteiger partial charge on any atom is 0.306 e. The van der Waals surface area contributed by atoms with E-state index < -0.39 is 6.10 Å². The van der Waals surface area contributed by atoms with Gasteiger partial charge in [-0.05, 0) is 116 Å². The van der Waals surface area contributed by atoms with E-state index in [0.29, 0.717) is 19.3 Å². The second-order valence-electron chi connectivity index (χ2n) is 21.6. The van der Waals surface area contributed by atoms with Crippen LogP contribution in [0.15, 0.2) is 122 Å². The highest BCUT2D eigenvalue weighted by Crippen LogP contribution is 2.16. The summed E-state index contributed by atoms with van der Waals surface area (Å²) < 4.78 is 16.8. The zero-order valence-electron chi connectivity index (χ0n) is 51.6. The van der Waals surface area contributed by atoms with Crippen LogP contribution in [0.4, 0.5) is 0 Å². The Morgan fingerprint density at radius 3 is 0.797 bits per heavy atom. The second kappa shape index (κ2) is 66.3. The van der Waals surface area contributed by atoms with E-state index in [-0.39, 0.29) is 31.1 Å². The Labute approximate surface area is 488 Å². The lowest BCUT2D eigenvalue weighted by atomic mass is 10.0. The van der Waals surface area contributed by atoms with Crippen molar-refractivity contribution < 1.29 is 28.6 Å². The molecule has 0 aliphatic carbocycles. The highest BCUT2D eigenvalue weighted by molar-refractivity contribution is 5.71. The van der Waals surface area contributed by atoms with Crippen LogP contribution >= 0.6 is 0 Å². The number of esters is 3. The van der Waals surface area contributed by atoms with Crippen molar-refractivity contribution >= 4 is 17.9 Å². The summed E-state index contributed by atoms with van der Waals surface area (Å²) in [4.78, 5) is 37.9. The monoisotopic (exact) mass is 1090 g/mol. The number of unbranched alkanes of at least 4 members (excludes halogenated alkanes) is 28. The number of carbonyl (C=O) groups is 3. The average molecular weight is 1100 g/mol. The number of ether oxygens (including phenoxy) is 3. The molecule has 6 nitrogen and oxygen atoms in total. The Hall–Kier alpha value is -4.19. The van der Waals surface area contributed by atoms with Crippen LogP contribution in [0.3, 0.4) is 0 Å². The molecule has 0 aromatic heterocycles. The summed E-state index contributed by atoms with van der Waals surface area (Å²) >= 11 is 0. The minimum atomic E-state index is -0.791. The van der Waals surface area contributed by atoms with Crippen LogP contribution in [-0.2, 0) is 28.6 Å². The van der Waals surface area contributed by atoms with Gasteiger partial charge < -0.3 is 14.2 Å². The summed E-state index contributed by atoms with van der Waals surface area (Å²) in [6.07, 6.45) is 92.6. The van der Waals surface area contributed by atoms with Gasteiger partial charge in [0.1, 0.15) is 13.2 Å². The standard InChI is InChI=1S/C73H122O6/c1-4-7-10-13-15-17-19-21-23-25-27-29-31-33-34-35-36-37-38-40-41-43-45-47-49-51-53-55-57-60-63-66-72(75)78-69-70(68-77-71(74)65-62-59-12-9-6-3)79-73(76)67-64-61-58-56-54-52-50-48-46-44-42-39-32-30-28-26-24-22-20-18-16-14-11-8-5-2/h7,10,15,17,21,23,26-29,33-34,36-37,40-41,45,47,51,53,70H,4-6,8-9,11-14,16,18-20,22,24-25,30-32,35,38-39,42-44,46,48-50,52,54-69H2,1-3H3/b10-7-,17-15-,23-21-,28-26-,29-27-,34-33-,37-36-,41-40-,47-45-,53-51-. The smallest absolute Gasteiger partial charge is 0.306 e. The molecular formula is C73H122O6. The van der Waals surface area contributed by atoms with Crippen molar-refractivity contribution in [2.24, 2.45) is 0 Å². The third kappa shape index (κ3) is 64.5. The Morgan fingerprint density at radius 2 is 0.494 bits per heavy atom. The Morgan fingerprint density at radius 1 is 0.266 bits per heavy atom. The number of hydrogen-bond donors (Lipinski definition) is 0. The van der Waals surface area contributed by atoms with E-state index in [2.05, 4.69) is 142 Å². The zero-order valence-corrected chi connectivity index (χ0v) is 51.6. The van der Waals surface area contributed by atoms with Gasteiger partial charge in [0.15, 0.2) is 6.10 Å². The van der Waals surface area contributed by atoms with Gasteiger partial charge in [-0.2, -0.15) is 0 Å². The molecule has 0 bridgehead atoms. The molecular weight excluding hydrogens is 973 g/mol. The molecule has 0 aliphatic rings. The molecule has 0 aliphatic heterocycles. The quantitative estimate of drug-likeness (QED) is 0.0261. The Balaban J connectivity index is 4.13. The molecule has 6 heteroatoms. The van der Waals surface area contributed by atoms with Crippen LogP contribution in [0.2, 0.25) is 0 Å². The first-order valence-electron chi connectivity index (χ1n) is 33.0. The molecule has 0 radical (unpaired) electrons. The molecule has 0 amide bonds. The van der Waals surface area contributed by atoms with Crippen LogP contribution in [0.25, 0.3) is 0 Å². The van der Waals surface area contributed by atoms with Gasteiger partial charge in [-0.3, -0.25) is 14.4 Å². The normalized spacial score (nSPS) is 12.9. The number of hydrogen-bond acceptors (Lipinski definition) is 6. The minimum absolute atomic E-state index is 0.0901. The van der Waals surface area contributed by atoms with Gasteiger partial charge in [-0.25, -0.2) is 0 Å². The molecule has 79 heavy (non-hydrogen) atoms. The Kier molecular flexibility index (Phi) is 62.8. The summed E-state index contributed by atoms with van der Waals surface area (Å²) in [7, 11) is 0. The van der Waals surface area contributed by atoms with E-state index in [1.807, 2.05) is 0 Å². The molecule has 1 atom stereocenters. The van der Waals surface area contributed by atoms with Crippen LogP contribution in [0.5, 0.6) is 0 Å². The SMILES string of the molecule is CC/C=C\C/C=C\C/C=C\C/C=C\C/C=C\C/C=C\C/C=C\C/C=C\C/C=C\CCCCCC(=O)OCC(COC(=O)CCCCCCC)OC(=O)CCCCCCCCCCCCCCC/C=C\CCCCCCCCCC. The van der Waals surface area contributed by atoms with E-state index in [1.54, 1.807) is 0 Å². The van der Waals surface area contributed by atoms with Crippen LogP contribution in [-0.4, -0.2) is 37.2 Å². The fraction of sp³-hybridized carbons (Fsp3) is 0.685. The summed E-state index contributed by atoms with van der Waals surface area (Å²) in [6.45, 7) is 6.43. The van der Waals surface area contributed by atoms with Crippen molar-refractivity contribution in [2.75, 3.05) is 13.2 Å². The predicted molar refractivity (Wildman–Crippen MR) is 343 cm³/mol. The van der Waals surface area contributed by atoms with Crippen LogP contribution in [0, 0.1) is 0 Å². The fourth-order valence-electron chi connectivity index (χ4n) is 9.02. The lowest BCUT2D eigenvalue weighted by molar-refractivity contribution is -0.167. The Bertz CT molecular complexity index is 1640. The number of rotatable bonds is 59. The third-order valence-electron chi connectivity index (χ3n) is 14.0. The third-order valence-corrected chi connectivity index (χ3v) is 14.0. The van der Waals surface area contributed by atoms with E-state index in [4.69, 9.17) is 14.2 Å². The minimum Gasteiger partial charge on any atom is -0.462 e. The van der Waals surface area contributed by atoms with Crippen molar-refractivity contribution in [3.63, 3.8) is 0 Å². The summed E-state index contributed by atoms with van der Waals surface area (Å²) in [5.74, 6) is -0.934. The molecule has 0 heterocycles. The van der Waals surface area contributed by atoms with Crippen molar-refractivity contribution in [3.8, 4) is 0 Å². The van der Waals surface area contributed by atoms with E-state index in [9.17, 15) is 14.4 Å². The number of carbonyl (C=O) groups excluding carboxylic acids is 3. The van der Waals surface area contributed by atoms with Crippen molar-refractivity contribution in [3.05, 3.63) is 122 Å². The summed E-state index contributed by atoms with van der Waals surface area (Å²) in [6, 6.07) is 0. The molecule has 1 unspecified atom stereocenters. The maximum atomic E-state index is 12.8. The highest BCUT2D eigenvalue weighted by Gasteiger charge is 2.19. The van der Waals surface area contributed by atoms with Gasteiger partial charge in [0.25, 0.3) is 0 Å². The molecule has 0 saturated heterocycles. The van der Waals surface area contributed by atoms with Crippen LogP contribution in [0.1, 0.15) is 303 Å². The first kappa shape index (κ1) is 74.8. The first-order chi connectivity index (χ1) is 39.0. The summed E-state index contributed by atoms with van der Waals surface area (Å²) in [5, 5.41) is 0. The molecule has 0 N–H and O–H groups in total. The predicted octanol–water partition coefficient (Wildman–Crippen LogP) is 22.8. The van der Waals surface area contributed by atoms with Gasteiger partial charge in [-0.1, -0.05) is 290 Å². The first-order valence-corrected chi connectivity index (χ1v) is 33.0. The molecule has 0 saturated carbocycles. The largest absolute Gasteiger partial charge is 0.462 e. The molecule has 0 aromatic carbocycles. The molecule has 450 valence electrons. The molecule has 0 aromatic rings. The zero-order chi connectivity index (χ0) is 57.1. The lowest BCUT2D eigenvalue weighted by Crippen LogP contribution is -2.30. The second-order valence-corrected chi connectivity index (χ2v) is 21.6. The maximum absolute atomic E-state index is 12.8. The van der Waals surface area contributed by atoms with Gasteiger partial charge in [0.2, 0.25) is 0 Å². The topological polar surface area (TPSA) is 78.9 Å². The van der Waals surface area contributed by atoms with Crippen molar-refractivity contribution in [1.29, 1.82) is 0 Å². The van der Waals surface area contributed by atoms with E-state index >= 15 is 0 Å². The highest BCUT2D eigenvalue weighted by atomic mass is 16.6. The summed E-state index contributed by atoms with van der Waals surface area (Å²) in [5.41, 5.74) is 0. The van der Waals surface area contributed by atoms with Crippen molar-refractivity contribution in [1.82, 2.24) is 0 Å². The van der Waals surface area contributed by atoms with Gasteiger partial charge in [0.05, 0.1) is 0 Å². The van der Waals surface area contributed by atoms with Crippen LogP contribution < -0.4 is 0 Å². The fourth-order valence-corrected chi connectivity index (χ4v) is 9.02. The van der Waals surface area contributed by atoms with Crippen molar-refractivity contribution in [2.45, 2.75) is 309 Å². The molecule has 0 fully saturated rings. The van der Waals surface area contributed by atoms with Gasteiger partial charge in [0, 0.05) is 19.3 Å². The van der Waals surface area contributed by atoms with Gasteiger partial charge >= 0.3 is 17.9 Å². The lowest BCUT2D eigenvalue weighted by Gasteiger charge is -2.18. The number of allylic oxidation sites excluding steroid dienone is 20. The van der Waals surface area contributed by atoms with Gasteiger partial charge in [-0.15, -0.1) is 0 Å². The van der Waals surface area contributed by atoms with E-state index in [1.165, 1.54) is 135 Å². The van der Waals surface area contributed by atoms with E-state index in [0.717, 1.165) is 128 Å². The average Bonchev–Trinajstić information content (AvgIpc) is 3.45. The molecule has 0 rings (SSSR count).